The van der Waals surface area contributed by atoms with Crippen LogP contribution in [0.2, 0.25) is 0 Å². The van der Waals surface area contributed by atoms with Crippen LogP contribution in [0.25, 0.3) is 0 Å². The van der Waals surface area contributed by atoms with Gasteiger partial charge >= 0.3 is 5.97 Å². The van der Waals surface area contributed by atoms with Crippen LogP contribution in [0.1, 0.15) is 19.3 Å². The van der Waals surface area contributed by atoms with Gasteiger partial charge < -0.3 is 30.9 Å². The number of thiol groups is 1. The number of methoxy groups -OCH3 is 1. The maximum atomic E-state index is 12.1. The van der Waals surface area contributed by atoms with Crippen LogP contribution in [-0.4, -0.2) is 98.7 Å². The van der Waals surface area contributed by atoms with Crippen LogP contribution in [0, 0.1) is 5.92 Å². The zero-order valence-electron chi connectivity index (χ0n) is 17.0. The molecule has 1 aliphatic rings. The topological polar surface area (TPSA) is 134 Å². The number of rotatable bonds is 14. The largest absolute Gasteiger partial charge is 0.469 e. The lowest BCUT2D eigenvalue weighted by atomic mass is 10.1. The Labute approximate surface area is 177 Å². The molecule has 1 unspecified atom stereocenters. The van der Waals surface area contributed by atoms with E-state index in [0.717, 1.165) is 0 Å². The Kier molecular flexibility index (Phi) is 12.3. The SMILES string of the molecule is COC(=O)C1CC(=O)N(CCNC(=O)CCN(CCS)CCC(=O)NCCN)C1. The number of nitrogens with two attached hydrogens (primary N) is 1. The van der Waals surface area contributed by atoms with E-state index in [0.29, 0.717) is 64.5 Å². The first kappa shape index (κ1) is 25.2. The first-order chi connectivity index (χ1) is 13.9. The van der Waals surface area contributed by atoms with Crippen LogP contribution >= 0.6 is 12.6 Å². The van der Waals surface area contributed by atoms with Crippen molar-refractivity contribution in [3.05, 3.63) is 0 Å². The normalized spacial score (nSPS) is 16.2. The number of ether oxygens (including phenoxy) is 1. The highest BCUT2D eigenvalue weighted by Crippen LogP contribution is 2.18. The molecule has 0 saturated carbocycles. The van der Waals surface area contributed by atoms with Crippen molar-refractivity contribution in [2.45, 2.75) is 19.3 Å². The minimum absolute atomic E-state index is 0.0652. The van der Waals surface area contributed by atoms with Crippen LogP contribution in [0.15, 0.2) is 0 Å². The van der Waals surface area contributed by atoms with Crippen molar-refractivity contribution in [1.82, 2.24) is 20.4 Å². The average Bonchev–Trinajstić information content (AvgIpc) is 3.08. The molecule has 4 N–H and O–H groups in total. The lowest BCUT2D eigenvalue weighted by Gasteiger charge is -2.21. The number of amides is 3. The molecule has 10 nitrogen and oxygen atoms in total. The highest BCUT2D eigenvalue weighted by Gasteiger charge is 2.34. The fourth-order valence-corrected chi connectivity index (χ4v) is 3.31. The molecule has 29 heavy (non-hydrogen) atoms. The van der Waals surface area contributed by atoms with Crippen molar-refractivity contribution in [1.29, 1.82) is 0 Å². The molecule has 0 aromatic carbocycles. The zero-order valence-corrected chi connectivity index (χ0v) is 17.9. The number of nitrogens with zero attached hydrogens (tertiary/aromatic N) is 2. The van der Waals surface area contributed by atoms with Gasteiger partial charge in [0, 0.05) is 77.4 Å². The number of nitrogens with one attached hydrogen (secondary N) is 2. The maximum absolute atomic E-state index is 12.1. The van der Waals surface area contributed by atoms with Gasteiger partial charge in [-0.1, -0.05) is 0 Å². The van der Waals surface area contributed by atoms with E-state index in [9.17, 15) is 19.2 Å². The monoisotopic (exact) mass is 431 g/mol. The first-order valence-corrected chi connectivity index (χ1v) is 10.5. The lowest BCUT2D eigenvalue weighted by Crippen LogP contribution is -2.38. The predicted molar refractivity (Wildman–Crippen MR) is 111 cm³/mol. The van der Waals surface area contributed by atoms with E-state index in [1.54, 1.807) is 4.90 Å². The van der Waals surface area contributed by atoms with Gasteiger partial charge in [0.15, 0.2) is 0 Å². The number of hydrogen-bond donors (Lipinski definition) is 4. The summed E-state index contributed by atoms with van der Waals surface area (Å²) >= 11 is 4.22. The van der Waals surface area contributed by atoms with Gasteiger partial charge in [-0.3, -0.25) is 19.2 Å². The molecule has 0 aromatic rings. The maximum Gasteiger partial charge on any atom is 0.310 e. The van der Waals surface area contributed by atoms with E-state index in [-0.39, 0.29) is 36.5 Å². The second-order valence-corrected chi connectivity index (χ2v) is 7.27. The van der Waals surface area contributed by atoms with Gasteiger partial charge in [0.05, 0.1) is 13.0 Å². The summed E-state index contributed by atoms with van der Waals surface area (Å²) < 4.78 is 4.67. The van der Waals surface area contributed by atoms with E-state index < -0.39 is 5.92 Å². The Morgan fingerprint density at radius 1 is 1.17 bits per heavy atom. The highest BCUT2D eigenvalue weighted by molar-refractivity contribution is 7.80. The number of likely N-dealkylation sites (tertiary alicyclic amines) is 1. The fraction of sp³-hybridized carbons (Fsp3) is 0.778. The molecule has 1 atom stereocenters. The third-order valence-electron chi connectivity index (χ3n) is 4.65. The Hall–Kier alpha value is -1.85. The van der Waals surface area contributed by atoms with Crippen molar-refractivity contribution in [2.24, 2.45) is 11.7 Å². The van der Waals surface area contributed by atoms with Crippen LogP contribution in [-0.2, 0) is 23.9 Å². The van der Waals surface area contributed by atoms with E-state index in [1.165, 1.54) is 7.11 Å². The second kappa shape index (κ2) is 14.2. The summed E-state index contributed by atoms with van der Waals surface area (Å²) in [6.07, 6.45) is 0.781. The molecule has 0 spiro atoms. The van der Waals surface area contributed by atoms with Crippen LogP contribution in [0.3, 0.4) is 0 Å². The van der Waals surface area contributed by atoms with Crippen molar-refractivity contribution in [3.8, 4) is 0 Å². The molecule has 1 saturated heterocycles. The Bertz CT molecular complexity index is 563. The Morgan fingerprint density at radius 3 is 2.34 bits per heavy atom. The molecule has 1 aliphatic heterocycles. The number of carbonyl (C=O) groups is 4. The van der Waals surface area contributed by atoms with Crippen molar-refractivity contribution < 1.29 is 23.9 Å². The molecule has 0 aliphatic carbocycles. The molecule has 0 aromatic heterocycles. The van der Waals surface area contributed by atoms with Gasteiger partial charge in [0.25, 0.3) is 0 Å². The van der Waals surface area contributed by atoms with Crippen molar-refractivity contribution >= 4 is 36.3 Å². The van der Waals surface area contributed by atoms with E-state index in [1.807, 2.05) is 4.90 Å². The molecule has 3 amide bonds. The van der Waals surface area contributed by atoms with E-state index >= 15 is 0 Å². The summed E-state index contributed by atoms with van der Waals surface area (Å²) in [5.74, 6) is -0.485. The van der Waals surface area contributed by atoms with Gasteiger partial charge in [-0.15, -0.1) is 0 Å². The Balaban J connectivity index is 2.26. The summed E-state index contributed by atoms with van der Waals surface area (Å²) in [6.45, 7) is 3.60. The highest BCUT2D eigenvalue weighted by atomic mass is 32.1. The lowest BCUT2D eigenvalue weighted by molar-refractivity contribution is -0.145. The fourth-order valence-electron chi connectivity index (χ4n) is 3.03. The summed E-state index contributed by atoms with van der Waals surface area (Å²) in [5.41, 5.74) is 5.35. The summed E-state index contributed by atoms with van der Waals surface area (Å²) in [4.78, 5) is 50.8. The van der Waals surface area contributed by atoms with Crippen molar-refractivity contribution in [2.75, 3.05) is 65.2 Å². The summed E-state index contributed by atoms with van der Waals surface area (Å²) in [5, 5.41) is 5.51. The zero-order chi connectivity index (χ0) is 21.6. The first-order valence-electron chi connectivity index (χ1n) is 9.83. The molecule has 1 rings (SSSR count). The Morgan fingerprint density at radius 2 is 1.79 bits per heavy atom. The number of hydrogen-bond acceptors (Lipinski definition) is 8. The van der Waals surface area contributed by atoms with E-state index in [2.05, 4.69) is 28.0 Å². The third-order valence-corrected chi connectivity index (χ3v) is 4.85. The molecule has 166 valence electrons. The molecule has 1 heterocycles. The quantitative estimate of drug-likeness (QED) is 0.189. The summed E-state index contributed by atoms with van der Waals surface area (Å²) in [7, 11) is 1.30. The molecular formula is C18H33N5O5S. The molecular weight excluding hydrogens is 398 g/mol. The minimum Gasteiger partial charge on any atom is -0.469 e. The third kappa shape index (κ3) is 9.95. The smallest absolute Gasteiger partial charge is 0.310 e. The standard InChI is InChI=1S/C18H33N5O5S/c1-28-18(27)14-12-17(26)23(13-14)9-6-21-16(25)3-8-22(10-11-29)7-2-15(24)20-5-4-19/h14,29H,2-13,19H2,1H3,(H,20,24)(H,21,25). The predicted octanol–water partition coefficient (Wildman–Crippen LogP) is -1.79. The second-order valence-electron chi connectivity index (χ2n) is 6.82. The average molecular weight is 432 g/mol. The van der Waals surface area contributed by atoms with Crippen LogP contribution in [0.5, 0.6) is 0 Å². The van der Waals surface area contributed by atoms with Gasteiger partial charge in [-0.05, 0) is 0 Å². The number of carbonyl (C=O) groups excluding carboxylic acids is 4. The van der Waals surface area contributed by atoms with Gasteiger partial charge in [-0.2, -0.15) is 12.6 Å². The summed E-state index contributed by atoms with van der Waals surface area (Å²) in [6, 6.07) is 0. The molecule has 0 radical (unpaired) electrons. The minimum atomic E-state index is -0.431. The van der Waals surface area contributed by atoms with Gasteiger partial charge in [-0.25, -0.2) is 0 Å². The molecule has 11 heteroatoms. The van der Waals surface area contributed by atoms with Gasteiger partial charge in [0.1, 0.15) is 0 Å². The number of esters is 1. The van der Waals surface area contributed by atoms with E-state index in [4.69, 9.17) is 5.73 Å². The van der Waals surface area contributed by atoms with Gasteiger partial charge in [0.2, 0.25) is 17.7 Å². The van der Waals surface area contributed by atoms with Crippen molar-refractivity contribution in [3.63, 3.8) is 0 Å². The van der Waals surface area contributed by atoms with Crippen LogP contribution < -0.4 is 16.4 Å². The molecule has 0 bridgehead atoms. The van der Waals surface area contributed by atoms with Crippen LogP contribution in [0.4, 0.5) is 0 Å². The molecule has 1 fully saturated rings.